The van der Waals surface area contributed by atoms with Crippen molar-refractivity contribution in [3.8, 4) is 0 Å². The lowest BCUT2D eigenvalue weighted by Gasteiger charge is -2.11. The van der Waals surface area contributed by atoms with Gasteiger partial charge < -0.3 is 10.6 Å². The molecule has 0 radical (unpaired) electrons. The molecule has 0 aliphatic heterocycles. The lowest BCUT2D eigenvalue weighted by Crippen LogP contribution is -2.32. The predicted molar refractivity (Wildman–Crippen MR) is 103 cm³/mol. The molecule has 0 aliphatic carbocycles. The molecule has 0 aromatic heterocycles. The van der Waals surface area contributed by atoms with Crippen molar-refractivity contribution in [1.82, 2.24) is 10.6 Å². The molecule has 2 N–H and O–H groups in total. The van der Waals surface area contributed by atoms with Gasteiger partial charge in [-0.05, 0) is 43.0 Å². The van der Waals surface area contributed by atoms with E-state index in [1.54, 1.807) is 0 Å². The van der Waals surface area contributed by atoms with Crippen LogP contribution < -0.4 is 10.6 Å². The Balaban J connectivity index is 0.00000288. The summed E-state index contributed by atoms with van der Waals surface area (Å²) in [6.45, 7) is 4.59. The molecule has 130 valence electrons. The van der Waals surface area contributed by atoms with E-state index in [1.165, 1.54) is 5.56 Å². The quantitative estimate of drug-likeness (QED) is 0.681. The fourth-order valence-corrected chi connectivity index (χ4v) is 2.54. The maximum Gasteiger partial charge on any atom is 0.251 e. The van der Waals surface area contributed by atoms with Gasteiger partial charge in [0.15, 0.2) is 0 Å². The number of aryl methyl sites for hydroxylation is 2. The van der Waals surface area contributed by atoms with Crippen molar-refractivity contribution < 1.29 is 4.79 Å². The maximum atomic E-state index is 12.4. The third kappa shape index (κ3) is 6.73. The van der Waals surface area contributed by atoms with E-state index in [0.717, 1.165) is 43.5 Å². The molecular formula is C20H27ClN2O. The third-order valence-electron chi connectivity index (χ3n) is 3.80. The van der Waals surface area contributed by atoms with Gasteiger partial charge in [0.2, 0.25) is 0 Å². The minimum absolute atomic E-state index is 0. The van der Waals surface area contributed by atoms with Crippen LogP contribution in [0.1, 0.15) is 34.8 Å². The molecule has 2 rings (SSSR count). The van der Waals surface area contributed by atoms with Crippen LogP contribution in [0.2, 0.25) is 0 Å². The second-order valence-electron chi connectivity index (χ2n) is 5.65. The first-order chi connectivity index (χ1) is 11.3. The molecule has 0 saturated carbocycles. The van der Waals surface area contributed by atoms with Crippen molar-refractivity contribution in [1.29, 1.82) is 0 Å². The smallest absolute Gasteiger partial charge is 0.251 e. The van der Waals surface area contributed by atoms with Gasteiger partial charge in [-0.15, -0.1) is 12.4 Å². The van der Waals surface area contributed by atoms with Crippen molar-refractivity contribution in [2.75, 3.05) is 19.6 Å². The number of benzene rings is 2. The van der Waals surface area contributed by atoms with Gasteiger partial charge in [-0.25, -0.2) is 0 Å². The lowest BCUT2D eigenvalue weighted by molar-refractivity contribution is 0.0953. The summed E-state index contributed by atoms with van der Waals surface area (Å²) in [6, 6.07) is 18.3. The molecular weight excluding hydrogens is 320 g/mol. The van der Waals surface area contributed by atoms with Crippen LogP contribution in [-0.2, 0) is 12.8 Å². The summed E-state index contributed by atoms with van der Waals surface area (Å²) >= 11 is 0. The van der Waals surface area contributed by atoms with Crippen LogP contribution in [-0.4, -0.2) is 25.5 Å². The molecule has 3 nitrogen and oxygen atoms in total. The maximum absolute atomic E-state index is 12.4. The monoisotopic (exact) mass is 346 g/mol. The second-order valence-corrected chi connectivity index (χ2v) is 5.65. The summed E-state index contributed by atoms with van der Waals surface area (Å²) in [6.07, 6.45) is 2.93. The Morgan fingerprint density at radius 3 is 2.33 bits per heavy atom. The van der Waals surface area contributed by atoms with Gasteiger partial charge in [-0.2, -0.15) is 0 Å². The molecule has 2 aromatic rings. The first kappa shape index (κ1) is 20.2. The highest BCUT2D eigenvalue weighted by atomic mass is 35.5. The SMILES string of the molecule is CCCNCCNC(=O)c1ccccc1CCc1ccccc1.Cl. The number of rotatable bonds is 9. The highest BCUT2D eigenvalue weighted by Crippen LogP contribution is 2.12. The number of carbonyl (C=O) groups excluding carboxylic acids is 1. The van der Waals surface area contributed by atoms with Crippen LogP contribution in [0.3, 0.4) is 0 Å². The lowest BCUT2D eigenvalue weighted by atomic mass is 9.99. The van der Waals surface area contributed by atoms with Crippen LogP contribution in [0, 0.1) is 0 Å². The van der Waals surface area contributed by atoms with E-state index in [4.69, 9.17) is 0 Å². The molecule has 0 unspecified atom stereocenters. The van der Waals surface area contributed by atoms with Crippen molar-refractivity contribution >= 4 is 18.3 Å². The Hall–Kier alpha value is -1.84. The van der Waals surface area contributed by atoms with Gasteiger partial charge in [-0.1, -0.05) is 55.5 Å². The van der Waals surface area contributed by atoms with Crippen LogP contribution in [0.15, 0.2) is 54.6 Å². The Kier molecular flexibility index (Phi) is 9.81. The van der Waals surface area contributed by atoms with Gasteiger partial charge >= 0.3 is 0 Å². The molecule has 24 heavy (non-hydrogen) atoms. The van der Waals surface area contributed by atoms with Gasteiger partial charge in [0.25, 0.3) is 5.91 Å². The number of hydrogen-bond acceptors (Lipinski definition) is 2. The molecule has 0 atom stereocenters. The summed E-state index contributed by atoms with van der Waals surface area (Å²) in [4.78, 5) is 12.4. The largest absolute Gasteiger partial charge is 0.351 e. The average molecular weight is 347 g/mol. The van der Waals surface area contributed by atoms with Gasteiger partial charge in [0.05, 0.1) is 0 Å². The van der Waals surface area contributed by atoms with E-state index in [9.17, 15) is 4.79 Å². The molecule has 0 saturated heterocycles. The van der Waals surface area contributed by atoms with Crippen LogP contribution in [0.4, 0.5) is 0 Å². The van der Waals surface area contributed by atoms with Crippen LogP contribution in [0.25, 0.3) is 0 Å². The summed E-state index contributed by atoms with van der Waals surface area (Å²) < 4.78 is 0. The van der Waals surface area contributed by atoms with Gasteiger partial charge in [0.1, 0.15) is 0 Å². The van der Waals surface area contributed by atoms with E-state index in [-0.39, 0.29) is 18.3 Å². The van der Waals surface area contributed by atoms with Crippen molar-refractivity contribution in [3.63, 3.8) is 0 Å². The normalized spacial score (nSPS) is 10.0. The molecule has 0 fully saturated rings. The predicted octanol–water partition coefficient (Wildman–Crippen LogP) is 3.62. The Labute approximate surface area is 151 Å². The number of halogens is 1. The molecule has 0 bridgehead atoms. The van der Waals surface area contributed by atoms with Crippen LogP contribution >= 0.6 is 12.4 Å². The zero-order valence-electron chi connectivity index (χ0n) is 14.3. The molecule has 2 aromatic carbocycles. The van der Waals surface area contributed by atoms with E-state index >= 15 is 0 Å². The summed E-state index contributed by atoms with van der Waals surface area (Å²) in [7, 11) is 0. The molecule has 0 aliphatic rings. The summed E-state index contributed by atoms with van der Waals surface area (Å²) in [5, 5.41) is 6.28. The number of nitrogens with one attached hydrogen (secondary N) is 2. The Morgan fingerprint density at radius 1 is 0.875 bits per heavy atom. The third-order valence-corrected chi connectivity index (χ3v) is 3.80. The minimum atomic E-state index is 0. The Morgan fingerprint density at radius 2 is 1.58 bits per heavy atom. The first-order valence-corrected chi connectivity index (χ1v) is 8.42. The number of carbonyl (C=O) groups is 1. The zero-order chi connectivity index (χ0) is 16.3. The summed E-state index contributed by atoms with van der Waals surface area (Å²) in [5.74, 6) is 0.0203. The second kappa shape index (κ2) is 11.7. The topological polar surface area (TPSA) is 41.1 Å². The Bertz CT molecular complexity index is 602. The molecule has 0 heterocycles. The first-order valence-electron chi connectivity index (χ1n) is 8.42. The van der Waals surface area contributed by atoms with E-state index in [0.29, 0.717) is 6.54 Å². The fourth-order valence-electron chi connectivity index (χ4n) is 2.54. The molecule has 1 amide bonds. The number of amides is 1. The van der Waals surface area contributed by atoms with Crippen molar-refractivity contribution in [3.05, 3.63) is 71.3 Å². The fraction of sp³-hybridized carbons (Fsp3) is 0.350. The van der Waals surface area contributed by atoms with E-state index in [2.05, 4.69) is 41.8 Å². The molecule has 4 heteroatoms. The van der Waals surface area contributed by atoms with Crippen molar-refractivity contribution in [2.45, 2.75) is 26.2 Å². The minimum Gasteiger partial charge on any atom is -0.351 e. The highest BCUT2D eigenvalue weighted by Gasteiger charge is 2.10. The average Bonchev–Trinajstić information content (AvgIpc) is 2.61. The zero-order valence-corrected chi connectivity index (χ0v) is 15.1. The highest BCUT2D eigenvalue weighted by molar-refractivity contribution is 5.95. The van der Waals surface area contributed by atoms with Gasteiger partial charge in [-0.3, -0.25) is 4.79 Å². The molecule has 0 spiro atoms. The van der Waals surface area contributed by atoms with Crippen LogP contribution in [0.5, 0.6) is 0 Å². The van der Waals surface area contributed by atoms with E-state index in [1.807, 2.05) is 30.3 Å². The summed E-state index contributed by atoms with van der Waals surface area (Å²) in [5.41, 5.74) is 3.20. The number of hydrogen-bond donors (Lipinski definition) is 2. The van der Waals surface area contributed by atoms with Gasteiger partial charge in [0, 0.05) is 18.7 Å². The standard InChI is InChI=1S/C20H26N2O.ClH/c1-2-14-21-15-16-22-20(23)19-11-7-6-10-18(19)13-12-17-8-4-3-5-9-17;/h3-11,21H,2,12-16H2,1H3,(H,22,23);1H. The van der Waals surface area contributed by atoms with Crippen molar-refractivity contribution in [2.24, 2.45) is 0 Å². The van der Waals surface area contributed by atoms with E-state index < -0.39 is 0 Å².